The molecule has 5 nitrogen and oxygen atoms in total. The van der Waals surface area contributed by atoms with Crippen LogP contribution < -0.4 is 5.43 Å². The normalized spacial score (nSPS) is 11.0. The fourth-order valence-electron chi connectivity index (χ4n) is 2.68. The summed E-state index contributed by atoms with van der Waals surface area (Å²) in [6.45, 7) is 2.32. The smallest absolute Gasteiger partial charge is 0.341 e. The van der Waals surface area contributed by atoms with E-state index in [1.165, 1.54) is 11.3 Å². The van der Waals surface area contributed by atoms with Crippen LogP contribution in [-0.2, 0) is 13.0 Å². The highest BCUT2D eigenvalue weighted by Gasteiger charge is 2.21. The molecular weight excluding hydrogens is 300 g/mol. The monoisotopic (exact) mass is 314 g/mol. The highest BCUT2D eigenvalue weighted by Crippen LogP contribution is 2.20. The molecule has 0 atom stereocenters. The van der Waals surface area contributed by atoms with Gasteiger partial charge in [0.15, 0.2) is 0 Å². The molecule has 6 heteroatoms. The molecule has 0 aliphatic heterocycles. The van der Waals surface area contributed by atoms with Gasteiger partial charge in [0.1, 0.15) is 10.6 Å². The van der Waals surface area contributed by atoms with Gasteiger partial charge in [0.2, 0.25) is 5.43 Å². The summed E-state index contributed by atoms with van der Waals surface area (Å²) < 4.78 is 1.89. The van der Waals surface area contributed by atoms with Crippen LogP contribution in [0, 0.1) is 0 Å². The average molecular weight is 314 g/mol. The first-order valence-electron chi connectivity index (χ1n) is 6.89. The molecule has 0 saturated carbocycles. The van der Waals surface area contributed by atoms with E-state index in [0.717, 1.165) is 10.5 Å². The van der Waals surface area contributed by atoms with E-state index in [-0.39, 0.29) is 5.56 Å². The number of carbonyl (C=O) groups is 1. The van der Waals surface area contributed by atoms with Crippen LogP contribution in [-0.4, -0.2) is 20.6 Å². The molecule has 0 aliphatic carbocycles. The molecule has 3 rings (SSSR count). The van der Waals surface area contributed by atoms with E-state index >= 15 is 0 Å². The second-order valence-corrected chi connectivity index (χ2v) is 5.82. The maximum atomic E-state index is 12.5. The molecule has 0 aliphatic rings. The first kappa shape index (κ1) is 14.5. The standard InChI is InChI=1S/C16H14N2O3S/c1-2-11-14(16(20)21)15(19)10-5-3-4-6-12(10)18(11)9-13-17-7-8-22-13/h3-8H,2,9H2,1H3,(H,20,21). The topological polar surface area (TPSA) is 72.2 Å². The van der Waals surface area contributed by atoms with Crippen molar-refractivity contribution in [2.24, 2.45) is 0 Å². The molecule has 0 fully saturated rings. The molecule has 0 unspecified atom stereocenters. The lowest BCUT2D eigenvalue weighted by atomic mass is 10.1. The number of nitrogens with zero attached hydrogens (tertiary/aromatic N) is 2. The molecule has 2 aromatic heterocycles. The Balaban J connectivity index is 2.39. The zero-order chi connectivity index (χ0) is 15.7. The van der Waals surface area contributed by atoms with Gasteiger partial charge in [-0.2, -0.15) is 0 Å². The number of benzene rings is 1. The van der Waals surface area contributed by atoms with E-state index in [2.05, 4.69) is 4.98 Å². The third kappa shape index (κ3) is 2.31. The van der Waals surface area contributed by atoms with Gasteiger partial charge in [0.25, 0.3) is 0 Å². The molecule has 0 bridgehead atoms. The molecule has 112 valence electrons. The molecule has 22 heavy (non-hydrogen) atoms. The maximum absolute atomic E-state index is 12.5. The Kier molecular flexibility index (Phi) is 3.77. The van der Waals surface area contributed by atoms with Gasteiger partial charge in [0, 0.05) is 22.7 Å². The minimum atomic E-state index is -1.18. The van der Waals surface area contributed by atoms with Crippen molar-refractivity contribution < 1.29 is 9.90 Å². The summed E-state index contributed by atoms with van der Waals surface area (Å²) in [5, 5.41) is 12.6. The number of fused-ring (bicyclic) bond motifs is 1. The Hall–Kier alpha value is -2.47. The molecule has 0 spiro atoms. The van der Waals surface area contributed by atoms with Gasteiger partial charge in [-0.3, -0.25) is 4.79 Å². The Bertz CT molecular complexity index is 898. The number of aromatic carboxylic acids is 1. The molecule has 3 aromatic rings. The van der Waals surface area contributed by atoms with Crippen LogP contribution in [0.3, 0.4) is 0 Å². The largest absolute Gasteiger partial charge is 0.477 e. The predicted molar refractivity (Wildman–Crippen MR) is 85.8 cm³/mol. The predicted octanol–water partition coefficient (Wildman–Crippen LogP) is 2.77. The Morgan fingerprint density at radius 2 is 2.14 bits per heavy atom. The number of aromatic nitrogens is 2. The van der Waals surface area contributed by atoms with Crippen LogP contribution in [0.5, 0.6) is 0 Å². The number of para-hydroxylation sites is 1. The van der Waals surface area contributed by atoms with Crippen LogP contribution in [0.25, 0.3) is 10.9 Å². The van der Waals surface area contributed by atoms with Crippen molar-refractivity contribution in [3.05, 3.63) is 62.3 Å². The highest BCUT2D eigenvalue weighted by molar-refractivity contribution is 7.09. The van der Waals surface area contributed by atoms with E-state index in [0.29, 0.717) is 24.0 Å². The van der Waals surface area contributed by atoms with Crippen LogP contribution in [0.1, 0.15) is 28.0 Å². The number of thiazole rings is 1. The van der Waals surface area contributed by atoms with Gasteiger partial charge in [-0.15, -0.1) is 11.3 Å². The van der Waals surface area contributed by atoms with Gasteiger partial charge in [-0.25, -0.2) is 9.78 Å². The number of rotatable bonds is 4. The Labute approximate surface area is 130 Å². The van der Waals surface area contributed by atoms with Gasteiger partial charge in [0.05, 0.1) is 12.1 Å². The quantitative estimate of drug-likeness (QED) is 0.803. The zero-order valence-corrected chi connectivity index (χ0v) is 12.8. The molecule has 2 heterocycles. The van der Waals surface area contributed by atoms with E-state index in [1.807, 2.05) is 29.0 Å². The van der Waals surface area contributed by atoms with Crippen LogP contribution in [0.2, 0.25) is 0 Å². The first-order valence-corrected chi connectivity index (χ1v) is 7.77. The highest BCUT2D eigenvalue weighted by atomic mass is 32.1. The summed E-state index contributed by atoms with van der Waals surface area (Å²) in [4.78, 5) is 28.3. The van der Waals surface area contributed by atoms with Crippen molar-refractivity contribution in [1.82, 2.24) is 9.55 Å². The second-order valence-electron chi connectivity index (χ2n) is 4.84. The van der Waals surface area contributed by atoms with Crippen molar-refractivity contribution in [2.45, 2.75) is 19.9 Å². The van der Waals surface area contributed by atoms with Gasteiger partial charge in [-0.05, 0) is 18.6 Å². The lowest BCUT2D eigenvalue weighted by molar-refractivity contribution is 0.0693. The van der Waals surface area contributed by atoms with E-state index in [9.17, 15) is 14.7 Å². The first-order chi connectivity index (χ1) is 10.6. The van der Waals surface area contributed by atoms with E-state index < -0.39 is 11.4 Å². The third-order valence-corrected chi connectivity index (χ3v) is 4.37. The van der Waals surface area contributed by atoms with Crippen LogP contribution in [0.15, 0.2) is 40.6 Å². The SMILES string of the molecule is CCc1c(C(=O)O)c(=O)c2ccccc2n1Cc1nccs1. The number of carboxylic acids is 1. The molecule has 1 N–H and O–H groups in total. The summed E-state index contributed by atoms with van der Waals surface area (Å²) in [5.74, 6) is -1.18. The van der Waals surface area contributed by atoms with Crippen LogP contribution >= 0.6 is 11.3 Å². The van der Waals surface area contributed by atoms with E-state index in [4.69, 9.17) is 0 Å². The summed E-state index contributed by atoms with van der Waals surface area (Å²) in [6.07, 6.45) is 2.18. The molecular formula is C16H14N2O3S. The van der Waals surface area contributed by atoms with Gasteiger partial charge >= 0.3 is 5.97 Å². The molecule has 1 aromatic carbocycles. The number of hydrogen-bond acceptors (Lipinski definition) is 4. The minimum absolute atomic E-state index is 0.141. The van der Waals surface area contributed by atoms with Crippen LogP contribution in [0.4, 0.5) is 0 Å². The van der Waals surface area contributed by atoms with Crippen molar-refractivity contribution in [3.8, 4) is 0 Å². The fraction of sp³-hybridized carbons (Fsp3) is 0.188. The summed E-state index contributed by atoms with van der Waals surface area (Å²) in [5.41, 5.74) is 0.712. The van der Waals surface area contributed by atoms with Gasteiger partial charge < -0.3 is 9.67 Å². The third-order valence-electron chi connectivity index (χ3n) is 3.61. The molecule has 0 amide bonds. The Morgan fingerprint density at radius 3 is 2.77 bits per heavy atom. The summed E-state index contributed by atoms with van der Waals surface area (Å²) >= 11 is 1.51. The molecule has 0 saturated heterocycles. The minimum Gasteiger partial charge on any atom is -0.477 e. The Morgan fingerprint density at radius 1 is 1.36 bits per heavy atom. The van der Waals surface area contributed by atoms with Crippen molar-refractivity contribution >= 4 is 28.2 Å². The average Bonchev–Trinajstić information content (AvgIpc) is 3.02. The number of pyridine rings is 1. The van der Waals surface area contributed by atoms with Crippen molar-refractivity contribution in [3.63, 3.8) is 0 Å². The fourth-order valence-corrected chi connectivity index (χ4v) is 3.29. The maximum Gasteiger partial charge on any atom is 0.341 e. The summed E-state index contributed by atoms with van der Waals surface area (Å²) in [7, 11) is 0. The summed E-state index contributed by atoms with van der Waals surface area (Å²) in [6, 6.07) is 7.10. The lowest BCUT2D eigenvalue weighted by Gasteiger charge is -2.17. The zero-order valence-electron chi connectivity index (χ0n) is 11.9. The van der Waals surface area contributed by atoms with Crippen molar-refractivity contribution in [2.75, 3.05) is 0 Å². The van der Waals surface area contributed by atoms with Crippen molar-refractivity contribution in [1.29, 1.82) is 0 Å². The number of carboxylic acid groups (broad SMARTS) is 1. The van der Waals surface area contributed by atoms with E-state index in [1.54, 1.807) is 18.3 Å². The number of hydrogen-bond donors (Lipinski definition) is 1. The van der Waals surface area contributed by atoms with Gasteiger partial charge in [-0.1, -0.05) is 19.1 Å². The molecule has 0 radical (unpaired) electrons. The lowest BCUT2D eigenvalue weighted by Crippen LogP contribution is -2.24. The second kappa shape index (κ2) is 5.73.